The number of thiophene rings is 1. The first-order chi connectivity index (χ1) is 15.5. The SMILES string of the molecule is Cc1sc2ncn(NC(=O)C3CC(=O)N(Cc4ccco4)C3)c(=O)c2c1-c1ccccc1. The lowest BCUT2D eigenvalue weighted by Crippen LogP contribution is -2.37. The van der Waals surface area contributed by atoms with Crippen LogP contribution in [0.2, 0.25) is 0 Å². The number of furan rings is 1. The number of carbonyl (C=O) groups is 2. The second-order valence-corrected chi connectivity index (χ2v) is 8.93. The number of hydrogen-bond acceptors (Lipinski definition) is 6. The van der Waals surface area contributed by atoms with Gasteiger partial charge in [0.25, 0.3) is 5.56 Å². The van der Waals surface area contributed by atoms with Crippen LogP contribution in [0.1, 0.15) is 17.1 Å². The van der Waals surface area contributed by atoms with E-state index in [1.54, 1.807) is 23.3 Å². The number of benzene rings is 1. The van der Waals surface area contributed by atoms with E-state index in [1.807, 2.05) is 37.3 Å². The number of rotatable bonds is 5. The smallest absolute Gasteiger partial charge is 0.281 e. The number of nitrogens with zero attached hydrogens (tertiary/aromatic N) is 3. The topological polar surface area (TPSA) is 97.4 Å². The van der Waals surface area contributed by atoms with Crippen molar-refractivity contribution >= 4 is 33.4 Å². The predicted octanol–water partition coefficient (Wildman–Crippen LogP) is 3.15. The minimum Gasteiger partial charge on any atom is -0.467 e. The predicted molar refractivity (Wildman–Crippen MR) is 121 cm³/mol. The van der Waals surface area contributed by atoms with E-state index in [2.05, 4.69) is 10.4 Å². The maximum absolute atomic E-state index is 13.3. The first-order valence-corrected chi connectivity index (χ1v) is 11.0. The summed E-state index contributed by atoms with van der Waals surface area (Å²) in [6.07, 6.45) is 2.96. The Morgan fingerprint density at radius 3 is 2.78 bits per heavy atom. The van der Waals surface area contributed by atoms with Gasteiger partial charge in [0.1, 0.15) is 16.9 Å². The summed E-state index contributed by atoms with van der Waals surface area (Å²) in [6, 6.07) is 13.2. The summed E-state index contributed by atoms with van der Waals surface area (Å²) in [5, 5.41) is 0.475. The maximum Gasteiger partial charge on any atom is 0.281 e. The van der Waals surface area contributed by atoms with Crippen LogP contribution < -0.4 is 11.0 Å². The molecule has 5 rings (SSSR count). The van der Waals surface area contributed by atoms with Crippen LogP contribution in [0.15, 0.2) is 64.3 Å². The van der Waals surface area contributed by atoms with E-state index < -0.39 is 11.8 Å². The third kappa shape index (κ3) is 3.60. The molecule has 1 fully saturated rings. The molecule has 0 saturated carbocycles. The quantitative estimate of drug-likeness (QED) is 0.506. The largest absolute Gasteiger partial charge is 0.467 e. The number of aryl methyl sites for hydroxylation is 1. The number of aromatic nitrogens is 2. The molecule has 1 atom stereocenters. The van der Waals surface area contributed by atoms with E-state index >= 15 is 0 Å². The first-order valence-electron chi connectivity index (χ1n) is 10.2. The zero-order chi connectivity index (χ0) is 22.2. The number of fused-ring (bicyclic) bond motifs is 1. The number of likely N-dealkylation sites (tertiary alicyclic amines) is 1. The fourth-order valence-electron chi connectivity index (χ4n) is 4.04. The van der Waals surface area contributed by atoms with Gasteiger partial charge >= 0.3 is 0 Å². The molecular formula is C23H20N4O4S. The maximum atomic E-state index is 13.3. The molecule has 4 heterocycles. The van der Waals surface area contributed by atoms with Gasteiger partial charge in [-0.05, 0) is 24.6 Å². The molecule has 1 unspecified atom stereocenters. The van der Waals surface area contributed by atoms with Crippen LogP contribution in [0.3, 0.4) is 0 Å². The lowest BCUT2D eigenvalue weighted by molar-refractivity contribution is -0.129. The normalized spacial score (nSPS) is 16.1. The van der Waals surface area contributed by atoms with Crippen LogP contribution in [0.4, 0.5) is 0 Å². The van der Waals surface area contributed by atoms with E-state index in [4.69, 9.17) is 4.42 Å². The van der Waals surface area contributed by atoms with Crippen molar-refractivity contribution in [3.63, 3.8) is 0 Å². The highest BCUT2D eigenvalue weighted by Crippen LogP contribution is 2.35. The molecule has 0 spiro atoms. The highest BCUT2D eigenvalue weighted by molar-refractivity contribution is 7.19. The van der Waals surface area contributed by atoms with Crippen molar-refractivity contribution in [1.82, 2.24) is 14.6 Å². The Bertz CT molecular complexity index is 1360. The lowest BCUT2D eigenvalue weighted by atomic mass is 10.0. The standard InChI is InChI=1S/C23H20N4O4S/c1-14-19(15-6-3-2-4-7-15)20-22(32-14)24-13-27(23(20)30)25-21(29)16-10-18(28)26(11-16)12-17-8-5-9-31-17/h2-9,13,16H,10-12H2,1H3,(H,25,29). The summed E-state index contributed by atoms with van der Waals surface area (Å²) in [5.74, 6) is -0.413. The zero-order valence-corrected chi connectivity index (χ0v) is 18.1. The van der Waals surface area contributed by atoms with Crippen LogP contribution in [0.25, 0.3) is 21.3 Å². The Morgan fingerprint density at radius 2 is 2.03 bits per heavy atom. The fourth-order valence-corrected chi connectivity index (χ4v) is 5.04. The minimum absolute atomic E-state index is 0.0871. The monoisotopic (exact) mass is 448 g/mol. The first kappa shape index (κ1) is 20.2. The van der Waals surface area contributed by atoms with Gasteiger partial charge in [-0.15, -0.1) is 11.3 Å². The number of carbonyl (C=O) groups excluding carboxylic acids is 2. The molecule has 1 saturated heterocycles. The summed E-state index contributed by atoms with van der Waals surface area (Å²) >= 11 is 1.45. The Balaban J connectivity index is 1.40. The molecule has 8 nitrogen and oxygen atoms in total. The molecule has 2 amide bonds. The number of nitrogens with one attached hydrogen (secondary N) is 1. The van der Waals surface area contributed by atoms with E-state index in [0.717, 1.165) is 20.7 Å². The average molecular weight is 449 g/mol. The van der Waals surface area contributed by atoms with Gasteiger partial charge in [0.2, 0.25) is 11.8 Å². The van der Waals surface area contributed by atoms with Gasteiger partial charge in [-0.1, -0.05) is 30.3 Å². The molecule has 1 aromatic carbocycles. The van der Waals surface area contributed by atoms with Crippen molar-refractivity contribution in [3.8, 4) is 11.1 Å². The molecule has 3 aromatic heterocycles. The van der Waals surface area contributed by atoms with Gasteiger partial charge in [0.05, 0.1) is 24.1 Å². The molecule has 4 aromatic rings. The molecule has 0 radical (unpaired) electrons. The van der Waals surface area contributed by atoms with Gasteiger partial charge in [-0.3, -0.25) is 19.8 Å². The molecule has 1 N–H and O–H groups in total. The second kappa shape index (κ2) is 8.08. The Morgan fingerprint density at radius 1 is 1.22 bits per heavy atom. The van der Waals surface area contributed by atoms with Gasteiger partial charge in [-0.2, -0.15) is 0 Å². The van der Waals surface area contributed by atoms with Crippen LogP contribution in [-0.4, -0.2) is 32.9 Å². The molecule has 162 valence electrons. The summed E-state index contributed by atoms with van der Waals surface area (Å²) < 4.78 is 6.41. The molecule has 0 bridgehead atoms. The van der Waals surface area contributed by atoms with Crippen LogP contribution in [0, 0.1) is 12.8 Å². The average Bonchev–Trinajstić information content (AvgIpc) is 3.51. The summed E-state index contributed by atoms with van der Waals surface area (Å²) in [6.45, 7) is 2.54. The Hall–Kier alpha value is -3.72. The molecule has 9 heteroatoms. The van der Waals surface area contributed by atoms with Gasteiger partial charge < -0.3 is 9.32 Å². The molecule has 1 aliphatic rings. The Kier molecular flexibility index (Phi) is 5.10. The lowest BCUT2D eigenvalue weighted by Gasteiger charge is -2.15. The van der Waals surface area contributed by atoms with Crippen LogP contribution in [0.5, 0.6) is 0 Å². The van der Waals surface area contributed by atoms with Gasteiger partial charge in [-0.25, -0.2) is 9.66 Å². The van der Waals surface area contributed by atoms with E-state index in [9.17, 15) is 14.4 Å². The number of amides is 2. The Labute approximate surface area is 187 Å². The third-order valence-electron chi connectivity index (χ3n) is 5.59. The van der Waals surface area contributed by atoms with E-state index in [-0.39, 0.29) is 24.4 Å². The van der Waals surface area contributed by atoms with Crippen molar-refractivity contribution < 1.29 is 14.0 Å². The summed E-state index contributed by atoms with van der Waals surface area (Å²) in [4.78, 5) is 46.0. The summed E-state index contributed by atoms with van der Waals surface area (Å²) in [5.41, 5.74) is 4.04. The van der Waals surface area contributed by atoms with Crippen molar-refractivity contribution in [1.29, 1.82) is 0 Å². The highest BCUT2D eigenvalue weighted by atomic mass is 32.1. The second-order valence-electron chi connectivity index (χ2n) is 7.73. The molecule has 1 aliphatic heterocycles. The minimum atomic E-state index is -0.558. The highest BCUT2D eigenvalue weighted by Gasteiger charge is 2.35. The van der Waals surface area contributed by atoms with Crippen molar-refractivity contribution in [2.75, 3.05) is 12.0 Å². The van der Waals surface area contributed by atoms with Crippen molar-refractivity contribution in [2.24, 2.45) is 5.92 Å². The van der Waals surface area contributed by atoms with E-state index in [0.29, 0.717) is 22.5 Å². The fraction of sp³-hybridized carbons (Fsp3) is 0.217. The van der Waals surface area contributed by atoms with Crippen LogP contribution in [-0.2, 0) is 16.1 Å². The third-order valence-corrected chi connectivity index (χ3v) is 6.61. The van der Waals surface area contributed by atoms with Crippen molar-refractivity contribution in [3.05, 3.63) is 76.0 Å². The van der Waals surface area contributed by atoms with Gasteiger partial charge in [0, 0.05) is 23.4 Å². The zero-order valence-electron chi connectivity index (χ0n) is 17.3. The van der Waals surface area contributed by atoms with E-state index in [1.165, 1.54) is 17.7 Å². The molecule has 0 aliphatic carbocycles. The van der Waals surface area contributed by atoms with Crippen molar-refractivity contribution in [2.45, 2.75) is 19.9 Å². The van der Waals surface area contributed by atoms with Crippen LogP contribution >= 0.6 is 11.3 Å². The number of hydrogen-bond donors (Lipinski definition) is 1. The van der Waals surface area contributed by atoms with Gasteiger partial charge in [0.15, 0.2) is 0 Å². The summed E-state index contributed by atoms with van der Waals surface area (Å²) in [7, 11) is 0. The molecular weight excluding hydrogens is 428 g/mol. The molecule has 32 heavy (non-hydrogen) atoms.